The van der Waals surface area contributed by atoms with Crippen LogP contribution in [0.1, 0.15) is 79.3 Å². The predicted molar refractivity (Wildman–Crippen MR) is 196 cm³/mol. The molecule has 1 saturated heterocycles. The van der Waals surface area contributed by atoms with Gasteiger partial charge in [0.1, 0.15) is 5.75 Å². The van der Waals surface area contributed by atoms with E-state index in [0.717, 1.165) is 47.3 Å². The number of benzene rings is 3. The fourth-order valence-corrected chi connectivity index (χ4v) is 7.25. The van der Waals surface area contributed by atoms with Gasteiger partial charge in [-0.05, 0) is 105 Å². The van der Waals surface area contributed by atoms with Gasteiger partial charge in [-0.3, -0.25) is 14.4 Å². The molecular formula is C42H51N3O5. The van der Waals surface area contributed by atoms with Crippen molar-refractivity contribution >= 4 is 23.4 Å². The maximum Gasteiger partial charge on any atom is 0.309 e. The Morgan fingerprint density at radius 1 is 0.960 bits per heavy atom. The maximum absolute atomic E-state index is 14.7. The van der Waals surface area contributed by atoms with E-state index in [1.807, 2.05) is 28.0 Å². The van der Waals surface area contributed by atoms with E-state index in [4.69, 9.17) is 4.74 Å². The number of amides is 2. The molecule has 8 nitrogen and oxygen atoms in total. The van der Waals surface area contributed by atoms with Crippen LogP contribution in [0.15, 0.2) is 72.3 Å². The van der Waals surface area contributed by atoms with Crippen molar-refractivity contribution in [3.05, 3.63) is 106 Å². The number of hydrogen-bond donors (Lipinski definition) is 2. The van der Waals surface area contributed by atoms with Crippen LogP contribution in [0.5, 0.6) is 5.75 Å². The van der Waals surface area contributed by atoms with Crippen molar-refractivity contribution in [1.29, 1.82) is 0 Å². The van der Waals surface area contributed by atoms with E-state index in [-0.39, 0.29) is 42.8 Å². The van der Waals surface area contributed by atoms with Crippen LogP contribution in [-0.2, 0) is 27.3 Å². The van der Waals surface area contributed by atoms with Crippen LogP contribution in [0.25, 0.3) is 5.57 Å². The molecular weight excluding hydrogens is 626 g/mol. The van der Waals surface area contributed by atoms with Gasteiger partial charge in [0.15, 0.2) is 0 Å². The van der Waals surface area contributed by atoms with Crippen LogP contribution < -0.4 is 10.1 Å². The molecule has 0 spiro atoms. The first-order chi connectivity index (χ1) is 23.9. The largest absolute Gasteiger partial charge is 0.493 e. The molecule has 1 saturated carbocycles. The van der Waals surface area contributed by atoms with Gasteiger partial charge in [0.2, 0.25) is 5.91 Å². The molecule has 2 aliphatic heterocycles. The standard InChI is InChI=1S/C42H51N3O5/c1-27-21-28(2)29(3)37(22-27)50-20-18-30-11-13-32(14-12-30)35-23-33-25-44(38(46)17-19-42(4,5)41(48)49)26-36(43-33)39(35)40(47)45(34-15-16-34)24-31-9-7-6-8-10-31/h6-14,21-22,33-34,36,43H,15-20,23-26H2,1-5H3,(H,48,49)/t33-,36-/m1/s1. The molecule has 2 bridgehead atoms. The van der Waals surface area contributed by atoms with E-state index in [0.29, 0.717) is 32.7 Å². The molecule has 3 aliphatic rings. The Balaban J connectivity index is 1.25. The Morgan fingerprint density at radius 3 is 2.36 bits per heavy atom. The van der Waals surface area contributed by atoms with Crippen LogP contribution in [-0.4, -0.2) is 70.5 Å². The molecule has 0 radical (unpaired) electrons. The summed E-state index contributed by atoms with van der Waals surface area (Å²) in [5.41, 5.74) is 7.71. The Kier molecular flexibility index (Phi) is 10.5. The Bertz CT molecular complexity index is 1760. The van der Waals surface area contributed by atoms with E-state index in [2.05, 4.69) is 74.6 Å². The summed E-state index contributed by atoms with van der Waals surface area (Å²) in [6.07, 6.45) is 3.80. The molecule has 2 atom stereocenters. The molecule has 2 N–H and O–H groups in total. The second-order valence-electron chi connectivity index (χ2n) is 15.2. The van der Waals surface area contributed by atoms with Crippen LogP contribution in [0.3, 0.4) is 0 Å². The molecule has 50 heavy (non-hydrogen) atoms. The number of aliphatic carboxylic acids is 1. The quantitative estimate of drug-likeness (QED) is 0.211. The van der Waals surface area contributed by atoms with Crippen molar-refractivity contribution in [3.8, 4) is 5.75 Å². The number of fused-ring (bicyclic) bond motifs is 2. The second-order valence-corrected chi connectivity index (χ2v) is 15.2. The van der Waals surface area contributed by atoms with E-state index in [1.54, 1.807) is 13.8 Å². The average molecular weight is 678 g/mol. The van der Waals surface area contributed by atoms with Crippen LogP contribution in [0, 0.1) is 26.2 Å². The molecule has 0 aromatic heterocycles. The van der Waals surface area contributed by atoms with Gasteiger partial charge >= 0.3 is 5.97 Å². The van der Waals surface area contributed by atoms with Crippen LogP contribution in [0.4, 0.5) is 0 Å². The van der Waals surface area contributed by atoms with Crippen molar-refractivity contribution in [2.45, 2.75) is 97.8 Å². The third-order valence-corrected chi connectivity index (χ3v) is 10.7. The number of carboxylic acids is 1. The molecule has 2 heterocycles. The maximum atomic E-state index is 14.7. The zero-order chi connectivity index (χ0) is 35.6. The normalized spacial score (nSPS) is 18.9. The number of nitrogens with zero attached hydrogens (tertiary/aromatic N) is 2. The smallest absolute Gasteiger partial charge is 0.309 e. The highest BCUT2D eigenvalue weighted by atomic mass is 16.5. The first-order valence-corrected chi connectivity index (χ1v) is 18.0. The van der Waals surface area contributed by atoms with Crippen molar-refractivity contribution in [3.63, 3.8) is 0 Å². The predicted octanol–water partition coefficient (Wildman–Crippen LogP) is 6.64. The monoisotopic (exact) mass is 677 g/mol. The fourth-order valence-electron chi connectivity index (χ4n) is 7.25. The van der Waals surface area contributed by atoms with Crippen molar-refractivity contribution in [2.24, 2.45) is 5.41 Å². The number of hydrogen-bond acceptors (Lipinski definition) is 5. The highest BCUT2D eigenvalue weighted by Gasteiger charge is 2.43. The number of carboxylic acid groups (broad SMARTS) is 1. The Labute approximate surface area is 296 Å². The molecule has 2 fully saturated rings. The minimum absolute atomic E-state index is 0.00525. The lowest BCUT2D eigenvalue weighted by atomic mass is 9.82. The summed E-state index contributed by atoms with van der Waals surface area (Å²) in [7, 11) is 0. The minimum atomic E-state index is -0.979. The Morgan fingerprint density at radius 2 is 1.68 bits per heavy atom. The summed E-state index contributed by atoms with van der Waals surface area (Å²) in [4.78, 5) is 43.8. The van der Waals surface area contributed by atoms with Crippen molar-refractivity contribution in [2.75, 3.05) is 19.7 Å². The molecule has 3 aromatic rings. The number of ether oxygens (including phenoxy) is 1. The summed E-state index contributed by atoms with van der Waals surface area (Å²) in [5.74, 6) is 0.000879. The highest BCUT2D eigenvalue weighted by molar-refractivity contribution is 6.03. The van der Waals surface area contributed by atoms with E-state index < -0.39 is 11.4 Å². The lowest BCUT2D eigenvalue weighted by molar-refractivity contribution is -0.148. The van der Waals surface area contributed by atoms with Crippen LogP contribution in [0.2, 0.25) is 0 Å². The van der Waals surface area contributed by atoms with Gasteiger partial charge in [-0.1, -0.05) is 60.7 Å². The summed E-state index contributed by atoms with van der Waals surface area (Å²) < 4.78 is 6.20. The molecule has 0 unspecified atom stereocenters. The second kappa shape index (κ2) is 14.8. The summed E-state index contributed by atoms with van der Waals surface area (Å²) >= 11 is 0. The number of aryl methyl sites for hydroxylation is 2. The lowest BCUT2D eigenvalue weighted by Gasteiger charge is -2.45. The van der Waals surface area contributed by atoms with Gasteiger partial charge in [0.25, 0.3) is 5.91 Å². The lowest BCUT2D eigenvalue weighted by Crippen LogP contribution is -2.62. The summed E-state index contributed by atoms with van der Waals surface area (Å²) in [6.45, 7) is 11.6. The third kappa shape index (κ3) is 8.13. The average Bonchev–Trinajstić information content (AvgIpc) is 3.94. The van der Waals surface area contributed by atoms with Crippen molar-refractivity contribution in [1.82, 2.24) is 15.1 Å². The summed E-state index contributed by atoms with van der Waals surface area (Å²) in [5, 5.41) is 13.3. The van der Waals surface area contributed by atoms with E-state index >= 15 is 0 Å². The number of nitrogens with one attached hydrogen (secondary N) is 1. The Hall–Kier alpha value is -4.43. The van der Waals surface area contributed by atoms with Gasteiger partial charge in [0.05, 0.1) is 18.1 Å². The third-order valence-electron chi connectivity index (χ3n) is 10.7. The zero-order valence-corrected chi connectivity index (χ0v) is 30.1. The topological polar surface area (TPSA) is 99.2 Å². The van der Waals surface area contributed by atoms with E-state index in [1.165, 1.54) is 22.3 Å². The van der Waals surface area contributed by atoms with Gasteiger partial charge in [-0.2, -0.15) is 0 Å². The van der Waals surface area contributed by atoms with Gasteiger partial charge < -0.3 is 25.0 Å². The van der Waals surface area contributed by atoms with Crippen LogP contribution >= 0.6 is 0 Å². The SMILES string of the molecule is Cc1cc(C)c(C)c(OCCc2ccc(C3=C(C(=O)N(Cc4ccccc4)C4CC4)[C@H]4CN(C(=O)CCC(C)(C)C(=O)O)C[C@@H](C3)N4)cc2)c1. The first kappa shape index (κ1) is 35.4. The summed E-state index contributed by atoms with van der Waals surface area (Å²) in [6, 6.07) is 22.9. The minimum Gasteiger partial charge on any atom is -0.493 e. The molecule has 264 valence electrons. The molecule has 6 rings (SSSR count). The number of carbonyl (C=O) groups is 3. The van der Waals surface area contributed by atoms with Crippen molar-refractivity contribution < 1.29 is 24.2 Å². The number of carbonyl (C=O) groups excluding carboxylic acids is 2. The number of piperazine rings is 1. The first-order valence-electron chi connectivity index (χ1n) is 18.0. The zero-order valence-electron chi connectivity index (χ0n) is 30.1. The number of rotatable bonds is 13. The van der Waals surface area contributed by atoms with E-state index in [9.17, 15) is 19.5 Å². The van der Waals surface area contributed by atoms with Gasteiger partial charge in [-0.25, -0.2) is 0 Å². The van der Waals surface area contributed by atoms with Gasteiger partial charge in [0, 0.05) is 50.1 Å². The van der Waals surface area contributed by atoms with Gasteiger partial charge in [-0.15, -0.1) is 0 Å². The molecule has 1 aliphatic carbocycles. The molecule has 8 heteroatoms. The molecule has 2 amide bonds. The fraction of sp³-hybridized carbons (Fsp3) is 0.452. The highest BCUT2D eigenvalue weighted by Crippen LogP contribution is 2.38. The molecule has 3 aromatic carbocycles.